The average Bonchev–Trinajstić information content (AvgIpc) is 4.14. The van der Waals surface area contributed by atoms with E-state index in [-0.39, 0.29) is 37.3 Å². The third-order valence-electron chi connectivity index (χ3n) is 12.8. The van der Waals surface area contributed by atoms with Gasteiger partial charge in [-0.25, -0.2) is 18.2 Å². The van der Waals surface area contributed by atoms with Gasteiger partial charge in [-0.1, -0.05) is 51.1 Å². The zero-order valence-corrected chi connectivity index (χ0v) is 33.8. The Hall–Kier alpha value is -4.40. The quantitative estimate of drug-likeness (QED) is 0.283. The van der Waals surface area contributed by atoms with Crippen LogP contribution in [-0.4, -0.2) is 90.3 Å². The number of sulfonamides is 1. The van der Waals surface area contributed by atoms with Crippen molar-refractivity contribution in [1.29, 1.82) is 0 Å². The van der Waals surface area contributed by atoms with Crippen LogP contribution in [0.15, 0.2) is 42.6 Å². The number of carbonyl (C=O) groups excluding carboxylic acids is 4. The molecule has 1 aromatic carbocycles. The Balaban J connectivity index is 1.10. The Bertz CT molecular complexity index is 2030. The molecule has 6 aliphatic rings. The lowest BCUT2D eigenvalue weighted by Crippen LogP contribution is -2.59. The Morgan fingerprint density at radius 2 is 1.75 bits per heavy atom. The second kappa shape index (κ2) is 15.7. The number of hydrogen-bond acceptors (Lipinski definition) is 10. The van der Waals surface area contributed by atoms with E-state index >= 15 is 0 Å². The molecule has 0 radical (unpaired) electrons. The minimum atomic E-state index is -3.90. The van der Waals surface area contributed by atoms with Gasteiger partial charge in [-0.2, -0.15) is 0 Å². The Morgan fingerprint density at radius 3 is 2.49 bits per heavy atom. The second-order valence-electron chi connectivity index (χ2n) is 17.5. The fourth-order valence-electron chi connectivity index (χ4n) is 9.29. The standard InChI is InChI=1S/C42H55N5O9S/c1-4-15-54-35-22-43-38(33-12-8-7-11-32(33)35)55-30-20-34-37(48)45-42(40(50)46-57(52,53)31-13-14-31)21-28(42)10-6-5-9-24(2)16-25(3)36(39(49)47(34)23-30)44-41(51)56-29-18-26-17-27(26)19-29/h6-8,10-12,22,24-31,34,36H,4-5,9,13-21,23H2,1-3H3,(H,44,51)(H,45,48)(H,46,50)/b10-6-/t24-,25+,26-,27+,28+,29+,30+,34-,36-,42+/m0/s1. The zero-order valence-electron chi connectivity index (χ0n) is 33.0. The number of nitrogens with zero attached hydrogens (tertiary/aromatic N) is 2. The highest BCUT2D eigenvalue weighted by atomic mass is 32.2. The fraction of sp³-hybridized carbons (Fsp3) is 0.643. The van der Waals surface area contributed by atoms with E-state index in [4.69, 9.17) is 14.2 Å². The number of allylic oxidation sites excluding steroid dienone is 1. The summed E-state index contributed by atoms with van der Waals surface area (Å²) in [6.45, 7) is 6.58. The van der Waals surface area contributed by atoms with Gasteiger partial charge in [0.1, 0.15) is 35.6 Å². The van der Waals surface area contributed by atoms with Crippen LogP contribution in [0.3, 0.4) is 0 Å². The third-order valence-corrected chi connectivity index (χ3v) is 14.6. The van der Waals surface area contributed by atoms with E-state index in [0.717, 1.165) is 31.1 Å². The van der Waals surface area contributed by atoms with Crippen LogP contribution in [-0.2, 0) is 29.1 Å². The van der Waals surface area contributed by atoms with Gasteiger partial charge in [-0.05, 0) is 93.9 Å². The van der Waals surface area contributed by atoms with Crippen LogP contribution in [0.2, 0.25) is 0 Å². The van der Waals surface area contributed by atoms with Crippen LogP contribution in [0, 0.1) is 29.6 Å². The molecule has 57 heavy (non-hydrogen) atoms. The van der Waals surface area contributed by atoms with E-state index in [0.29, 0.717) is 61.1 Å². The van der Waals surface area contributed by atoms with Crippen molar-refractivity contribution in [3.8, 4) is 11.6 Å². The molecule has 1 saturated heterocycles. The Morgan fingerprint density at radius 1 is 1.00 bits per heavy atom. The summed E-state index contributed by atoms with van der Waals surface area (Å²) in [6, 6.07) is 5.46. The molecule has 0 bridgehead atoms. The molecule has 3 N–H and O–H groups in total. The maximum absolute atomic E-state index is 14.9. The number of fused-ring (bicyclic) bond motifs is 4. The molecular weight excluding hydrogens is 751 g/mol. The molecule has 2 aliphatic heterocycles. The molecule has 1 aromatic heterocycles. The van der Waals surface area contributed by atoms with E-state index in [1.807, 2.05) is 50.3 Å². The van der Waals surface area contributed by atoms with E-state index in [2.05, 4.69) is 27.3 Å². The SMILES string of the molecule is CCCOc1cnc(O[C@@H]2C[C@H]3C(=O)N[C@]4(C(=O)NS(=O)(=O)C5CC5)C[C@H]4/C=C\CC[C@H](C)C[C@@H](C)[C@H](NC(=O)O[C@@H]4C[C@@H]5C[C@@H]5C4)C(=O)N3C2)c2ccccc12. The maximum atomic E-state index is 14.9. The third kappa shape index (κ3) is 8.45. The molecule has 4 aliphatic carbocycles. The van der Waals surface area contributed by atoms with Gasteiger partial charge < -0.3 is 29.7 Å². The highest BCUT2D eigenvalue weighted by Crippen LogP contribution is 2.52. The first-order valence-corrected chi connectivity index (χ1v) is 22.4. The van der Waals surface area contributed by atoms with Gasteiger partial charge >= 0.3 is 6.09 Å². The van der Waals surface area contributed by atoms with Crippen molar-refractivity contribution in [2.24, 2.45) is 29.6 Å². The van der Waals surface area contributed by atoms with Crippen LogP contribution < -0.4 is 24.8 Å². The van der Waals surface area contributed by atoms with Crippen molar-refractivity contribution < 1.29 is 41.8 Å². The van der Waals surface area contributed by atoms with Crippen LogP contribution in [0.5, 0.6) is 11.6 Å². The smallest absolute Gasteiger partial charge is 0.408 e. The first-order valence-electron chi connectivity index (χ1n) is 20.8. The average molecular weight is 806 g/mol. The van der Waals surface area contributed by atoms with E-state index in [1.54, 1.807) is 6.20 Å². The number of benzene rings is 1. The lowest BCUT2D eigenvalue weighted by molar-refractivity contribution is -0.142. The minimum absolute atomic E-state index is 0.00108. The molecule has 0 unspecified atom stereocenters. The molecule has 4 saturated carbocycles. The normalized spacial score (nSPS) is 34.4. The molecule has 4 amide bonds. The molecule has 3 heterocycles. The van der Waals surface area contributed by atoms with Gasteiger partial charge in [0.05, 0.1) is 24.6 Å². The first-order chi connectivity index (χ1) is 27.3. The molecule has 5 fully saturated rings. The largest absolute Gasteiger partial charge is 0.491 e. The number of pyridine rings is 1. The van der Waals surface area contributed by atoms with E-state index in [9.17, 15) is 27.6 Å². The van der Waals surface area contributed by atoms with Crippen molar-refractivity contribution in [2.45, 2.75) is 126 Å². The van der Waals surface area contributed by atoms with Gasteiger partial charge in [0, 0.05) is 23.1 Å². The number of alkyl carbamates (subject to hydrolysis) is 1. The number of carbonyl (C=O) groups is 4. The number of nitrogens with one attached hydrogen (secondary N) is 3. The lowest BCUT2D eigenvalue weighted by atomic mass is 9.88. The number of ether oxygens (including phenoxy) is 3. The predicted octanol–water partition coefficient (Wildman–Crippen LogP) is 4.76. The fourth-order valence-corrected chi connectivity index (χ4v) is 10.6. The monoisotopic (exact) mass is 805 g/mol. The molecule has 14 nitrogen and oxygen atoms in total. The second-order valence-corrected chi connectivity index (χ2v) is 19.4. The van der Waals surface area contributed by atoms with Gasteiger partial charge in [-0.3, -0.25) is 19.1 Å². The summed E-state index contributed by atoms with van der Waals surface area (Å²) in [5.74, 6) is -0.252. The molecule has 2 aromatic rings. The summed E-state index contributed by atoms with van der Waals surface area (Å²) < 4.78 is 46.4. The van der Waals surface area contributed by atoms with E-state index in [1.165, 1.54) is 11.3 Å². The maximum Gasteiger partial charge on any atom is 0.408 e. The number of rotatable bonds is 10. The van der Waals surface area contributed by atoms with Crippen LogP contribution >= 0.6 is 0 Å². The van der Waals surface area contributed by atoms with Crippen molar-refractivity contribution in [3.05, 3.63) is 42.6 Å². The first kappa shape index (κ1) is 39.4. The molecule has 15 heteroatoms. The van der Waals surface area contributed by atoms with Crippen LogP contribution in [0.1, 0.15) is 91.4 Å². The van der Waals surface area contributed by atoms with Crippen LogP contribution in [0.4, 0.5) is 4.79 Å². The van der Waals surface area contributed by atoms with E-state index < -0.39 is 68.7 Å². The number of amides is 4. The zero-order chi connectivity index (χ0) is 40.1. The Labute approximate surface area is 334 Å². The molecule has 10 atom stereocenters. The van der Waals surface area contributed by atoms with Crippen molar-refractivity contribution in [1.82, 2.24) is 25.2 Å². The van der Waals surface area contributed by atoms with Crippen molar-refractivity contribution in [2.75, 3.05) is 13.2 Å². The van der Waals surface area contributed by atoms with Gasteiger partial charge in [0.15, 0.2) is 0 Å². The number of hydrogen-bond donors (Lipinski definition) is 3. The molecule has 8 rings (SSSR count). The highest BCUT2D eigenvalue weighted by Gasteiger charge is 2.62. The summed E-state index contributed by atoms with van der Waals surface area (Å²) >= 11 is 0. The van der Waals surface area contributed by atoms with Crippen molar-refractivity contribution >= 4 is 44.6 Å². The lowest BCUT2D eigenvalue weighted by Gasteiger charge is -2.33. The molecular formula is C42H55N5O9S. The number of aromatic nitrogens is 1. The summed E-state index contributed by atoms with van der Waals surface area (Å²) in [5.41, 5.74) is -1.50. The predicted molar refractivity (Wildman–Crippen MR) is 210 cm³/mol. The van der Waals surface area contributed by atoms with Gasteiger partial charge in [0.25, 0.3) is 5.91 Å². The summed E-state index contributed by atoms with van der Waals surface area (Å²) in [4.78, 5) is 62.8. The topological polar surface area (TPSA) is 182 Å². The highest BCUT2D eigenvalue weighted by molar-refractivity contribution is 7.91. The van der Waals surface area contributed by atoms with Crippen LogP contribution in [0.25, 0.3) is 10.8 Å². The summed E-state index contributed by atoms with van der Waals surface area (Å²) in [5, 5.41) is 6.73. The minimum Gasteiger partial charge on any atom is -0.491 e. The summed E-state index contributed by atoms with van der Waals surface area (Å²) in [6.07, 6.45) is 11.0. The Kier molecular flexibility index (Phi) is 10.9. The van der Waals surface area contributed by atoms with Crippen molar-refractivity contribution in [3.63, 3.8) is 0 Å². The van der Waals surface area contributed by atoms with Gasteiger partial charge in [-0.15, -0.1) is 0 Å². The molecule has 308 valence electrons. The summed E-state index contributed by atoms with van der Waals surface area (Å²) in [7, 11) is -3.90. The molecule has 0 spiro atoms. The van der Waals surface area contributed by atoms with Gasteiger partial charge in [0.2, 0.25) is 27.7 Å².